The van der Waals surface area contributed by atoms with Gasteiger partial charge < -0.3 is 24.8 Å². The van der Waals surface area contributed by atoms with Gasteiger partial charge in [0.15, 0.2) is 6.10 Å². The Morgan fingerprint density at radius 1 is 1.00 bits per heavy atom. The van der Waals surface area contributed by atoms with Crippen molar-refractivity contribution in [1.82, 2.24) is 0 Å². The summed E-state index contributed by atoms with van der Waals surface area (Å²) in [6.07, 6.45) is 13.2. The van der Waals surface area contributed by atoms with Crippen LogP contribution in [0.15, 0.2) is 11.5 Å². The third-order valence-corrected chi connectivity index (χ3v) is 5.17. The summed E-state index contributed by atoms with van der Waals surface area (Å²) >= 11 is 0. The number of ether oxygens (including phenoxy) is 2. The van der Waals surface area contributed by atoms with Gasteiger partial charge in [0.05, 0.1) is 0 Å². The fraction of sp³-hybridized carbons (Fsp3) is 0.818. The quantitative estimate of drug-likeness (QED) is 0.277. The third-order valence-electron chi connectivity index (χ3n) is 5.17. The molecule has 0 bridgehead atoms. The Balaban J connectivity index is 1.93. The van der Waals surface area contributed by atoms with Crippen LogP contribution in [0.5, 0.6) is 0 Å². The van der Waals surface area contributed by atoms with Crippen LogP contribution in [0.2, 0.25) is 0 Å². The Labute approximate surface area is 174 Å². The van der Waals surface area contributed by atoms with Crippen molar-refractivity contribution in [1.29, 1.82) is 0 Å². The Morgan fingerprint density at radius 3 is 1.93 bits per heavy atom. The maximum Gasteiger partial charge on any atom is 0.327 e. The second-order valence-electron chi connectivity index (χ2n) is 7.78. The lowest BCUT2D eigenvalue weighted by atomic mass is 10.0. The minimum absolute atomic E-state index is 0.254. The fourth-order valence-electron chi connectivity index (χ4n) is 3.34. The maximum absolute atomic E-state index is 11.7. The zero-order valence-electron chi connectivity index (χ0n) is 17.7. The molecule has 0 spiro atoms. The average Bonchev–Trinajstić information content (AvgIpc) is 2.97. The van der Waals surface area contributed by atoms with Gasteiger partial charge in [-0.15, -0.1) is 0 Å². The van der Waals surface area contributed by atoms with Crippen molar-refractivity contribution in [3.63, 3.8) is 0 Å². The molecule has 1 heterocycles. The van der Waals surface area contributed by atoms with E-state index in [2.05, 4.69) is 11.7 Å². The van der Waals surface area contributed by atoms with Crippen LogP contribution in [0, 0.1) is 0 Å². The third kappa shape index (κ3) is 10.5. The van der Waals surface area contributed by atoms with Gasteiger partial charge in [0, 0.05) is 12.2 Å². The molecule has 1 aliphatic rings. The van der Waals surface area contributed by atoms with Crippen LogP contribution in [-0.2, 0) is 19.1 Å². The summed E-state index contributed by atoms with van der Waals surface area (Å²) in [7, 11) is 0. The number of cyclic esters (lactones) is 1. The van der Waals surface area contributed by atoms with Crippen LogP contribution in [0.1, 0.15) is 96.8 Å². The highest BCUT2D eigenvalue weighted by Crippen LogP contribution is 2.20. The number of carbonyl (C=O) groups excluding carboxylic acids is 2. The number of rotatable bonds is 17. The Kier molecular flexibility index (Phi) is 13.2. The van der Waals surface area contributed by atoms with E-state index in [1.165, 1.54) is 64.2 Å². The predicted molar refractivity (Wildman–Crippen MR) is 107 cm³/mol. The summed E-state index contributed by atoms with van der Waals surface area (Å²) in [5, 5.41) is 30.3. The maximum atomic E-state index is 11.7. The second-order valence-corrected chi connectivity index (χ2v) is 7.78. The lowest BCUT2D eigenvalue weighted by molar-refractivity contribution is -0.303. The summed E-state index contributed by atoms with van der Waals surface area (Å²) in [4.78, 5) is 22.7. The van der Waals surface area contributed by atoms with Crippen molar-refractivity contribution >= 4 is 11.9 Å². The first-order valence-electron chi connectivity index (χ1n) is 11.1. The lowest BCUT2D eigenvalue weighted by Crippen LogP contribution is -2.33. The monoisotopic (exact) mass is 413 g/mol. The molecule has 7 heteroatoms. The smallest absolute Gasteiger partial charge is 0.327 e. The van der Waals surface area contributed by atoms with Gasteiger partial charge in [0.25, 0.3) is 0 Å². The predicted octanol–water partition coefficient (Wildman–Crippen LogP) is 3.43. The van der Waals surface area contributed by atoms with Crippen molar-refractivity contribution in [2.45, 2.75) is 109 Å². The van der Waals surface area contributed by atoms with Crippen molar-refractivity contribution in [2.75, 3.05) is 6.61 Å². The van der Waals surface area contributed by atoms with Crippen molar-refractivity contribution in [2.24, 2.45) is 0 Å². The van der Waals surface area contributed by atoms with Gasteiger partial charge in [-0.25, -0.2) is 4.79 Å². The van der Waals surface area contributed by atoms with E-state index in [4.69, 9.17) is 4.74 Å². The molecule has 168 valence electrons. The van der Waals surface area contributed by atoms with Gasteiger partial charge in [0.2, 0.25) is 0 Å². The van der Waals surface area contributed by atoms with Crippen LogP contribution in [0.25, 0.3) is 0 Å². The van der Waals surface area contributed by atoms with Gasteiger partial charge in [-0.05, 0) is 6.42 Å². The highest BCUT2D eigenvalue weighted by Gasteiger charge is 2.35. The molecule has 2 atom stereocenters. The zero-order valence-corrected chi connectivity index (χ0v) is 17.7. The standard InChI is InChI=1S/C22H38O7/c1-2-3-4-5-6-7-8-9-10-11-12-13-14-15-18(24)28-16-17(23)21-19(25)20(26)22(27)29-21/h17,21,23,25-26H,2-16H2,1H3/p-1/t17-,21+/m0/s1. The van der Waals surface area contributed by atoms with Crippen LogP contribution >= 0.6 is 0 Å². The highest BCUT2D eigenvalue weighted by molar-refractivity contribution is 5.88. The van der Waals surface area contributed by atoms with Gasteiger partial charge in [-0.1, -0.05) is 84.0 Å². The van der Waals surface area contributed by atoms with E-state index in [1.807, 2.05) is 0 Å². The Morgan fingerprint density at radius 2 is 1.48 bits per heavy atom. The minimum atomic E-state index is -1.46. The number of carbonyl (C=O) groups is 2. The summed E-state index contributed by atoms with van der Waals surface area (Å²) in [6, 6.07) is 0. The van der Waals surface area contributed by atoms with Gasteiger partial charge >= 0.3 is 11.9 Å². The summed E-state index contributed by atoms with van der Waals surface area (Å²) in [6.45, 7) is 1.80. The first kappa shape index (κ1) is 25.3. The van der Waals surface area contributed by atoms with Crippen molar-refractivity contribution in [3.05, 3.63) is 11.5 Å². The molecular weight excluding hydrogens is 376 g/mol. The van der Waals surface area contributed by atoms with Crippen LogP contribution < -0.4 is 5.11 Å². The zero-order chi connectivity index (χ0) is 21.5. The Hall–Kier alpha value is -1.76. The van der Waals surface area contributed by atoms with E-state index in [9.17, 15) is 24.9 Å². The van der Waals surface area contributed by atoms with E-state index in [0.717, 1.165) is 19.3 Å². The fourth-order valence-corrected chi connectivity index (χ4v) is 3.34. The van der Waals surface area contributed by atoms with E-state index < -0.39 is 42.3 Å². The largest absolute Gasteiger partial charge is 0.865 e. The van der Waals surface area contributed by atoms with Gasteiger partial charge in [-0.3, -0.25) is 4.79 Å². The molecule has 0 saturated heterocycles. The molecule has 1 rings (SSSR count). The molecule has 0 aromatic heterocycles. The van der Waals surface area contributed by atoms with Crippen LogP contribution in [0.3, 0.4) is 0 Å². The molecule has 0 aromatic rings. The number of aliphatic hydroxyl groups excluding tert-OH is 2. The van der Waals surface area contributed by atoms with E-state index in [0.29, 0.717) is 0 Å². The number of aliphatic hydroxyl groups is 2. The Bertz CT molecular complexity index is 515. The molecule has 7 nitrogen and oxygen atoms in total. The van der Waals surface area contributed by atoms with Crippen LogP contribution in [-0.4, -0.2) is 41.0 Å². The molecule has 29 heavy (non-hydrogen) atoms. The molecule has 0 aliphatic carbocycles. The average molecular weight is 414 g/mol. The number of hydrogen-bond donors (Lipinski definition) is 2. The van der Waals surface area contributed by atoms with Gasteiger partial charge in [0.1, 0.15) is 18.5 Å². The second kappa shape index (κ2) is 15.1. The topological polar surface area (TPSA) is 116 Å². The number of unbranched alkanes of at least 4 members (excludes halogenated alkanes) is 12. The molecular formula is C22H37O7-. The van der Waals surface area contributed by atoms with E-state index in [-0.39, 0.29) is 6.42 Å². The summed E-state index contributed by atoms with van der Waals surface area (Å²) in [5.41, 5.74) is 0. The summed E-state index contributed by atoms with van der Waals surface area (Å²) in [5.74, 6) is -3.70. The van der Waals surface area contributed by atoms with Gasteiger partial charge in [-0.2, -0.15) is 0 Å². The van der Waals surface area contributed by atoms with Crippen molar-refractivity contribution < 1.29 is 34.4 Å². The molecule has 0 amide bonds. The lowest BCUT2D eigenvalue weighted by Gasteiger charge is -2.17. The molecule has 0 saturated carbocycles. The van der Waals surface area contributed by atoms with E-state index in [1.54, 1.807) is 0 Å². The highest BCUT2D eigenvalue weighted by atomic mass is 16.6. The SMILES string of the molecule is CCCCCCCCCCCCCCCC(=O)OC[C@H](O)[C@H]1OC(=O)C([O-])=C1O. The molecule has 0 unspecified atom stereocenters. The molecule has 1 aliphatic heterocycles. The number of esters is 2. The van der Waals surface area contributed by atoms with E-state index >= 15 is 0 Å². The van der Waals surface area contributed by atoms with Crippen molar-refractivity contribution in [3.8, 4) is 0 Å². The molecule has 0 aromatic carbocycles. The first-order valence-corrected chi connectivity index (χ1v) is 11.1. The molecule has 0 fully saturated rings. The normalized spacial score (nSPS) is 17.4. The molecule has 2 N–H and O–H groups in total. The molecule has 0 radical (unpaired) electrons. The first-order chi connectivity index (χ1) is 14.0. The minimum Gasteiger partial charge on any atom is -0.865 e. The number of hydrogen-bond acceptors (Lipinski definition) is 7. The van der Waals surface area contributed by atoms with Crippen LogP contribution in [0.4, 0.5) is 0 Å². The summed E-state index contributed by atoms with van der Waals surface area (Å²) < 4.78 is 9.47.